The van der Waals surface area contributed by atoms with E-state index in [4.69, 9.17) is 0 Å². The summed E-state index contributed by atoms with van der Waals surface area (Å²) in [5.74, 6) is 0.931. The van der Waals surface area contributed by atoms with Gasteiger partial charge in [-0.2, -0.15) is 0 Å². The van der Waals surface area contributed by atoms with Crippen LogP contribution in [0.15, 0.2) is 36.7 Å². The van der Waals surface area contributed by atoms with Crippen molar-refractivity contribution >= 4 is 5.82 Å². The second-order valence-corrected chi connectivity index (χ2v) is 4.90. The van der Waals surface area contributed by atoms with E-state index in [0.717, 1.165) is 17.1 Å². The lowest BCUT2D eigenvalue weighted by Crippen LogP contribution is -2.09. The Morgan fingerprint density at radius 3 is 2.37 bits per heavy atom. The molecular weight excluding hydrogens is 241 g/mol. The van der Waals surface area contributed by atoms with Crippen molar-refractivity contribution < 1.29 is 4.39 Å². The van der Waals surface area contributed by atoms with Gasteiger partial charge in [0.2, 0.25) is 0 Å². The molecule has 0 fully saturated rings. The molecule has 0 saturated carbocycles. The molecule has 0 spiro atoms. The van der Waals surface area contributed by atoms with E-state index in [2.05, 4.69) is 29.1 Å². The number of hydrogen-bond donors (Lipinski definition) is 1. The van der Waals surface area contributed by atoms with Gasteiger partial charge in [0.05, 0.1) is 0 Å². The van der Waals surface area contributed by atoms with E-state index in [-0.39, 0.29) is 11.9 Å². The molecule has 1 aromatic heterocycles. The minimum Gasteiger partial charge on any atom is -0.363 e. The minimum absolute atomic E-state index is 0.0653. The van der Waals surface area contributed by atoms with Crippen molar-refractivity contribution in [2.24, 2.45) is 0 Å². The standard InChI is InChI=1S/C15H18FN3/c1-10(2)14-8-15(18-9-17-14)19-11(3)12-4-6-13(16)7-5-12/h4-11H,1-3H3,(H,17,18,19). The number of aromatic nitrogens is 2. The van der Waals surface area contributed by atoms with E-state index in [0.29, 0.717) is 5.92 Å². The van der Waals surface area contributed by atoms with Gasteiger partial charge in [0.1, 0.15) is 18.0 Å². The molecule has 4 heteroatoms. The van der Waals surface area contributed by atoms with Crippen LogP contribution >= 0.6 is 0 Å². The molecule has 1 heterocycles. The zero-order chi connectivity index (χ0) is 13.8. The molecule has 1 N–H and O–H groups in total. The molecule has 1 aromatic carbocycles. The van der Waals surface area contributed by atoms with E-state index in [1.807, 2.05) is 13.0 Å². The fourth-order valence-corrected chi connectivity index (χ4v) is 1.82. The average molecular weight is 259 g/mol. The topological polar surface area (TPSA) is 37.8 Å². The second kappa shape index (κ2) is 5.78. The molecular formula is C15H18FN3. The van der Waals surface area contributed by atoms with Crippen LogP contribution in [0.5, 0.6) is 0 Å². The molecule has 1 unspecified atom stereocenters. The Morgan fingerprint density at radius 2 is 1.74 bits per heavy atom. The van der Waals surface area contributed by atoms with Gasteiger partial charge in [0.25, 0.3) is 0 Å². The molecule has 19 heavy (non-hydrogen) atoms. The first-order chi connectivity index (χ1) is 9.06. The van der Waals surface area contributed by atoms with Gasteiger partial charge in [-0.25, -0.2) is 14.4 Å². The van der Waals surface area contributed by atoms with Crippen molar-refractivity contribution in [2.45, 2.75) is 32.7 Å². The number of anilines is 1. The van der Waals surface area contributed by atoms with Gasteiger partial charge in [-0.05, 0) is 30.5 Å². The Hall–Kier alpha value is -1.97. The lowest BCUT2D eigenvalue weighted by atomic mass is 10.1. The Kier molecular flexibility index (Phi) is 4.10. The second-order valence-electron chi connectivity index (χ2n) is 4.90. The molecule has 0 aliphatic heterocycles. The number of rotatable bonds is 4. The smallest absolute Gasteiger partial charge is 0.130 e. The number of halogens is 1. The fraction of sp³-hybridized carbons (Fsp3) is 0.333. The minimum atomic E-state index is -0.222. The van der Waals surface area contributed by atoms with Crippen molar-refractivity contribution in [1.29, 1.82) is 0 Å². The molecule has 0 aliphatic rings. The lowest BCUT2D eigenvalue weighted by Gasteiger charge is -2.15. The third-order valence-corrected chi connectivity index (χ3v) is 3.01. The fourth-order valence-electron chi connectivity index (χ4n) is 1.82. The Bertz CT molecular complexity index is 537. The van der Waals surface area contributed by atoms with Crippen LogP contribution in [-0.2, 0) is 0 Å². The van der Waals surface area contributed by atoms with Crippen LogP contribution < -0.4 is 5.32 Å². The first-order valence-corrected chi connectivity index (χ1v) is 6.40. The third kappa shape index (κ3) is 3.50. The van der Waals surface area contributed by atoms with Crippen LogP contribution in [0.2, 0.25) is 0 Å². The van der Waals surface area contributed by atoms with Gasteiger partial charge in [-0.1, -0.05) is 26.0 Å². The van der Waals surface area contributed by atoms with E-state index < -0.39 is 0 Å². The third-order valence-electron chi connectivity index (χ3n) is 3.01. The van der Waals surface area contributed by atoms with E-state index >= 15 is 0 Å². The molecule has 0 aliphatic carbocycles. The van der Waals surface area contributed by atoms with Crippen molar-refractivity contribution in [1.82, 2.24) is 9.97 Å². The monoisotopic (exact) mass is 259 g/mol. The summed E-state index contributed by atoms with van der Waals surface area (Å²) in [5.41, 5.74) is 2.02. The highest BCUT2D eigenvalue weighted by molar-refractivity contribution is 5.39. The molecule has 3 nitrogen and oxygen atoms in total. The predicted octanol–water partition coefficient (Wildman–Crippen LogP) is 3.91. The highest BCUT2D eigenvalue weighted by Gasteiger charge is 2.08. The zero-order valence-electron chi connectivity index (χ0n) is 11.4. The SMILES string of the molecule is CC(C)c1cc(NC(C)c2ccc(F)cc2)ncn1. The maximum atomic E-state index is 12.9. The molecule has 100 valence electrons. The molecule has 2 rings (SSSR count). The van der Waals surface area contributed by atoms with Crippen molar-refractivity contribution in [2.75, 3.05) is 5.32 Å². The zero-order valence-corrected chi connectivity index (χ0v) is 11.4. The van der Waals surface area contributed by atoms with Gasteiger partial charge >= 0.3 is 0 Å². The summed E-state index contributed by atoms with van der Waals surface area (Å²) in [6, 6.07) is 8.50. The number of benzene rings is 1. The Morgan fingerprint density at radius 1 is 1.05 bits per heavy atom. The van der Waals surface area contributed by atoms with E-state index in [1.165, 1.54) is 12.1 Å². The first-order valence-electron chi connectivity index (χ1n) is 6.40. The molecule has 1 atom stereocenters. The normalized spacial score (nSPS) is 12.5. The van der Waals surface area contributed by atoms with E-state index in [1.54, 1.807) is 18.5 Å². The highest BCUT2D eigenvalue weighted by Crippen LogP contribution is 2.20. The van der Waals surface area contributed by atoms with Gasteiger partial charge < -0.3 is 5.32 Å². The summed E-state index contributed by atoms with van der Waals surface area (Å²) in [7, 11) is 0. The van der Waals surface area contributed by atoms with Gasteiger partial charge in [-0.15, -0.1) is 0 Å². The number of nitrogens with zero attached hydrogens (tertiary/aromatic N) is 2. The van der Waals surface area contributed by atoms with Gasteiger partial charge in [-0.3, -0.25) is 0 Å². The van der Waals surface area contributed by atoms with Crippen LogP contribution in [-0.4, -0.2) is 9.97 Å². The summed E-state index contributed by atoms with van der Waals surface area (Å²) in [6.45, 7) is 6.20. The van der Waals surface area contributed by atoms with E-state index in [9.17, 15) is 4.39 Å². The van der Waals surface area contributed by atoms with Gasteiger partial charge in [0, 0.05) is 17.8 Å². The predicted molar refractivity (Wildman–Crippen MR) is 74.6 cm³/mol. The van der Waals surface area contributed by atoms with Crippen LogP contribution in [0.1, 0.15) is 44.0 Å². The Balaban J connectivity index is 2.12. The average Bonchev–Trinajstić information content (AvgIpc) is 2.39. The molecule has 2 aromatic rings. The van der Waals surface area contributed by atoms with Crippen molar-refractivity contribution in [3.8, 4) is 0 Å². The largest absolute Gasteiger partial charge is 0.363 e. The first kappa shape index (κ1) is 13.5. The van der Waals surface area contributed by atoms with Crippen molar-refractivity contribution in [3.05, 3.63) is 53.7 Å². The van der Waals surface area contributed by atoms with Crippen LogP contribution in [0.25, 0.3) is 0 Å². The maximum absolute atomic E-state index is 12.9. The molecule has 0 saturated heterocycles. The molecule has 0 amide bonds. The van der Waals surface area contributed by atoms with Crippen LogP contribution in [0, 0.1) is 5.82 Å². The van der Waals surface area contributed by atoms with Crippen LogP contribution in [0.4, 0.5) is 10.2 Å². The quantitative estimate of drug-likeness (QED) is 0.904. The summed E-state index contributed by atoms with van der Waals surface area (Å²) >= 11 is 0. The molecule has 0 radical (unpaired) electrons. The van der Waals surface area contributed by atoms with Gasteiger partial charge in [0.15, 0.2) is 0 Å². The summed E-state index contributed by atoms with van der Waals surface area (Å²) < 4.78 is 12.9. The summed E-state index contributed by atoms with van der Waals surface area (Å²) in [6.07, 6.45) is 1.56. The highest BCUT2D eigenvalue weighted by atomic mass is 19.1. The number of nitrogens with one attached hydrogen (secondary N) is 1. The van der Waals surface area contributed by atoms with Crippen LogP contribution in [0.3, 0.4) is 0 Å². The summed E-state index contributed by atoms with van der Waals surface area (Å²) in [4.78, 5) is 8.44. The number of hydrogen-bond acceptors (Lipinski definition) is 3. The summed E-state index contributed by atoms with van der Waals surface area (Å²) in [5, 5.41) is 3.30. The van der Waals surface area contributed by atoms with Crippen molar-refractivity contribution in [3.63, 3.8) is 0 Å². The maximum Gasteiger partial charge on any atom is 0.130 e. The molecule has 0 bridgehead atoms. The Labute approximate surface area is 112 Å². The lowest BCUT2D eigenvalue weighted by molar-refractivity contribution is 0.626.